The number of allylic oxidation sites excluding steroid dienone is 1. The molecule has 0 fully saturated rings. The van der Waals surface area contributed by atoms with Crippen LogP contribution >= 0.6 is 0 Å². The number of ether oxygens (including phenoxy) is 3. The van der Waals surface area contributed by atoms with E-state index in [2.05, 4.69) is 0 Å². The maximum atomic E-state index is 8.83. The van der Waals surface area contributed by atoms with Crippen LogP contribution < -0.4 is 14.2 Å². The predicted octanol–water partition coefficient (Wildman–Crippen LogP) is 3.05. The summed E-state index contributed by atoms with van der Waals surface area (Å²) >= 11 is 0. The fourth-order valence-corrected chi connectivity index (χ4v) is 1.60. The molecule has 0 aliphatic carbocycles. The summed E-state index contributed by atoms with van der Waals surface area (Å²) < 4.78 is 16.5. The quantitative estimate of drug-likeness (QED) is 0.779. The molecule has 0 amide bonds. The van der Waals surface area contributed by atoms with Gasteiger partial charge in [0.25, 0.3) is 0 Å². The van der Waals surface area contributed by atoms with Gasteiger partial charge < -0.3 is 19.3 Å². The molecule has 0 aliphatic rings. The second-order valence-corrected chi connectivity index (χ2v) is 4.26. The van der Waals surface area contributed by atoms with Crippen molar-refractivity contribution in [2.75, 3.05) is 27.4 Å². The van der Waals surface area contributed by atoms with Gasteiger partial charge in [-0.3, -0.25) is 0 Å². The molecule has 0 bridgehead atoms. The van der Waals surface area contributed by atoms with Crippen molar-refractivity contribution in [3.63, 3.8) is 0 Å². The van der Waals surface area contributed by atoms with Crippen molar-refractivity contribution in [3.05, 3.63) is 35.4 Å². The van der Waals surface area contributed by atoms with Crippen LogP contribution in [0.25, 0.3) is 6.08 Å². The van der Waals surface area contributed by atoms with E-state index in [1.807, 2.05) is 32.1 Å². The first-order valence-electron chi connectivity index (χ1n) is 6.44. The van der Waals surface area contributed by atoms with Crippen LogP contribution in [-0.4, -0.2) is 32.5 Å². The summed E-state index contributed by atoms with van der Waals surface area (Å²) in [5.41, 5.74) is 2.00. The largest absolute Gasteiger partial charge is 0.493 e. The van der Waals surface area contributed by atoms with Crippen LogP contribution in [0.5, 0.6) is 17.2 Å². The molecular formula is C16H22O4. The van der Waals surface area contributed by atoms with Crippen LogP contribution in [0.4, 0.5) is 0 Å². The van der Waals surface area contributed by atoms with Crippen LogP contribution in [0.3, 0.4) is 0 Å². The van der Waals surface area contributed by atoms with Gasteiger partial charge in [0.1, 0.15) is 6.61 Å². The molecule has 4 nitrogen and oxygen atoms in total. The Morgan fingerprint density at radius 1 is 1.20 bits per heavy atom. The monoisotopic (exact) mass is 278 g/mol. The molecule has 0 atom stereocenters. The van der Waals surface area contributed by atoms with Gasteiger partial charge >= 0.3 is 0 Å². The summed E-state index contributed by atoms with van der Waals surface area (Å²) in [7, 11) is 3.17. The molecule has 1 aromatic rings. The molecular weight excluding hydrogens is 256 g/mol. The fraction of sp³-hybridized carbons (Fsp3) is 0.375. The van der Waals surface area contributed by atoms with E-state index in [9.17, 15) is 0 Å². The van der Waals surface area contributed by atoms with Crippen molar-refractivity contribution in [1.82, 2.24) is 0 Å². The zero-order valence-corrected chi connectivity index (χ0v) is 12.5. The first kappa shape index (κ1) is 16.1. The summed E-state index contributed by atoms with van der Waals surface area (Å²) in [6, 6.07) is 3.68. The predicted molar refractivity (Wildman–Crippen MR) is 80.6 cm³/mol. The average Bonchev–Trinajstić information content (AvgIpc) is 2.49. The molecule has 1 aromatic carbocycles. The van der Waals surface area contributed by atoms with Gasteiger partial charge in [-0.25, -0.2) is 0 Å². The van der Waals surface area contributed by atoms with Gasteiger partial charge in [-0.15, -0.1) is 0 Å². The molecule has 0 aromatic heterocycles. The molecule has 110 valence electrons. The Kier molecular flexibility index (Phi) is 6.67. The summed E-state index contributed by atoms with van der Waals surface area (Å²) in [5, 5.41) is 8.83. The van der Waals surface area contributed by atoms with Crippen molar-refractivity contribution >= 4 is 6.08 Å². The van der Waals surface area contributed by atoms with Gasteiger partial charge in [0.2, 0.25) is 5.75 Å². The van der Waals surface area contributed by atoms with E-state index in [0.717, 1.165) is 11.1 Å². The van der Waals surface area contributed by atoms with Gasteiger partial charge in [0.05, 0.1) is 20.8 Å². The molecule has 0 saturated heterocycles. The van der Waals surface area contributed by atoms with Crippen LogP contribution in [-0.2, 0) is 0 Å². The number of aliphatic hydroxyl groups excluding tert-OH is 1. The maximum absolute atomic E-state index is 8.83. The van der Waals surface area contributed by atoms with Crippen molar-refractivity contribution in [1.29, 1.82) is 0 Å². The third-order valence-corrected chi connectivity index (χ3v) is 2.84. The minimum Gasteiger partial charge on any atom is -0.493 e. The molecule has 0 radical (unpaired) electrons. The minimum absolute atomic E-state index is 0.0105. The van der Waals surface area contributed by atoms with Crippen molar-refractivity contribution in [2.24, 2.45) is 0 Å². The third-order valence-electron chi connectivity index (χ3n) is 2.84. The molecule has 0 spiro atoms. The molecule has 1 N–H and O–H groups in total. The van der Waals surface area contributed by atoms with E-state index in [1.165, 1.54) is 0 Å². The van der Waals surface area contributed by atoms with Crippen LogP contribution in [0.2, 0.25) is 0 Å². The lowest BCUT2D eigenvalue weighted by atomic mass is 10.1. The summed E-state index contributed by atoms with van der Waals surface area (Å²) in [4.78, 5) is 0. The van der Waals surface area contributed by atoms with Gasteiger partial charge in [-0.2, -0.15) is 0 Å². The molecule has 0 saturated carbocycles. The number of rotatable bonds is 7. The maximum Gasteiger partial charge on any atom is 0.203 e. The summed E-state index contributed by atoms with van der Waals surface area (Å²) in [6.45, 7) is 4.44. The Morgan fingerprint density at radius 2 is 1.80 bits per heavy atom. The highest BCUT2D eigenvalue weighted by atomic mass is 16.5. The van der Waals surface area contributed by atoms with Gasteiger partial charge in [0.15, 0.2) is 11.5 Å². The van der Waals surface area contributed by atoms with Gasteiger partial charge in [-0.05, 0) is 37.1 Å². The molecule has 20 heavy (non-hydrogen) atoms. The minimum atomic E-state index is -0.0105. The normalized spacial score (nSPS) is 11.8. The van der Waals surface area contributed by atoms with Gasteiger partial charge in [-0.1, -0.05) is 18.2 Å². The highest BCUT2D eigenvalue weighted by Crippen LogP contribution is 2.39. The summed E-state index contributed by atoms with van der Waals surface area (Å²) in [6.07, 6.45) is 5.45. The topological polar surface area (TPSA) is 47.9 Å². The Labute approximate surface area is 120 Å². The molecule has 0 aliphatic heterocycles. The Bertz CT molecular complexity index is 464. The number of benzene rings is 1. The Hall–Kier alpha value is -1.94. The standard InChI is InChI=1S/C16H22O4/c1-5-12(2)11-20-16-14(18-3)9-13(7-6-8-17)10-15(16)19-4/h5-7,9-10,17H,8,11H2,1-4H3/b7-6+,12-5+. The lowest BCUT2D eigenvalue weighted by Crippen LogP contribution is -2.02. The fourth-order valence-electron chi connectivity index (χ4n) is 1.60. The number of aliphatic hydroxyl groups is 1. The number of hydrogen-bond donors (Lipinski definition) is 1. The lowest BCUT2D eigenvalue weighted by molar-refractivity contribution is 0.295. The van der Waals surface area contributed by atoms with E-state index >= 15 is 0 Å². The first-order chi connectivity index (χ1) is 9.65. The van der Waals surface area contributed by atoms with Crippen molar-refractivity contribution < 1.29 is 19.3 Å². The van der Waals surface area contributed by atoms with Crippen molar-refractivity contribution in [2.45, 2.75) is 13.8 Å². The number of hydrogen-bond acceptors (Lipinski definition) is 4. The smallest absolute Gasteiger partial charge is 0.203 e. The van der Waals surface area contributed by atoms with E-state index in [1.54, 1.807) is 26.4 Å². The Morgan fingerprint density at radius 3 is 2.25 bits per heavy atom. The van der Waals surface area contributed by atoms with E-state index < -0.39 is 0 Å². The second kappa shape index (κ2) is 8.27. The summed E-state index contributed by atoms with van der Waals surface area (Å²) in [5.74, 6) is 1.79. The zero-order chi connectivity index (χ0) is 15.0. The molecule has 0 heterocycles. The van der Waals surface area contributed by atoms with E-state index in [0.29, 0.717) is 23.9 Å². The third kappa shape index (κ3) is 4.31. The van der Waals surface area contributed by atoms with Crippen LogP contribution in [0.15, 0.2) is 29.9 Å². The van der Waals surface area contributed by atoms with Crippen molar-refractivity contribution in [3.8, 4) is 17.2 Å². The SMILES string of the molecule is C/C=C(\C)COc1c(OC)cc(/C=C/CO)cc1OC. The average molecular weight is 278 g/mol. The molecule has 4 heteroatoms. The second-order valence-electron chi connectivity index (χ2n) is 4.26. The highest BCUT2D eigenvalue weighted by molar-refractivity contribution is 5.62. The highest BCUT2D eigenvalue weighted by Gasteiger charge is 2.13. The van der Waals surface area contributed by atoms with E-state index in [4.69, 9.17) is 19.3 Å². The zero-order valence-electron chi connectivity index (χ0n) is 12.5. The first-order valence-corrected chi connectivity index (χ1v) is 6.44. The van der Waals surface area contributed by atoms with E-state index in [-0.39, 0.29) is 6.61 Å². The molecule has 1 rings (SSSR count). The number of methoxy groups -OCH3 is 2. The Balaban J connectivity index is 3.11. The lowest BCUT2D eigenvalue weighted by Gasteiger charge is -2.15. The molecule has 0 unspecified atom stereocenters. The van der Waals surface area contributed by atoms with Crippen LogP contribution in [0, 0.1) is 0 Å². The van der Waals surface area contributed by atoms with Crippen LogP contribution in [0.1, 0.15) is 19.4 Å². The van der Waals surface area contributed by atoms with Gasteiger partial charge in [0, 0.05) is 0 Å².